The van der Waals surface area contributed by atoms with Gasteiger partial charge >= 0.3 is 0 Å². The number of halogens is 2. The van der Waals surface area contributed by atoms with Crippen LogP contribution in [0.1, 0.15) is 17.7 Å². The van der Waals surface area contributed by atoms with Crippen molar-refractivity contribution in [3.05, 3.63) is 53.5 Å². The second-order valence-corrected chi connectivity index (χ2v) is 9.23. The van der Waals surface area contributed by atoms with E-state index >= 15 is 4.39 Å². The zero-order valence-electron chi connectivity index (χ0n) is 20.3. The third-order valence-electron chi connectivity index (χ3n) is 6.72. The van der Waals surface area contributed by atoms with Crippen molar-refractivity contribution in [3.8, 4) is 0 Å². The number of piperazine rings is 1. The van der Waals surface area contributed by atoms with Crippen LogP contribution in [0.15, 0.2) is 30.6 Å². The van der Waals surface area contributed by atoms with Crippen molar-refractivity contribution < 1.29 is 18.3 Å². The molecule has 10 heteroatoms. The normalized spacial score (nSPS) is 16.9. The van der Waals surface area contributed by atoms with Crippen LogP contribution in [0.5, 0.6) is 0 Å². The molecule has 8 nitrogen and oxygen atoms in total. The number of hydrogen-bond donors (Lipinski definition) is 2. The summed E-state index contributed by atoms with van der Waals surface area (Å²) >= 11 is 0. The Morgan fingerprint density at radius 2 is 1.97 bits per heavy atom. The maximum absolute atomic E-state index is 15.0. The lowest BCUT2D eigenvalue weighted by atomic mass is 10.0. The van der Waals surface area contributed by atoms with Gasteiger partial charge in [-0.05, 0) is 37.9 Å². The van der Waals surface area contributed by atoms with Crippen LogP contribution in [0, 0.1) is 18.6 Å². The molecule has 0 atom stereocenters. The van der Waals surface area contributed by atoms with Gasteiger partial charge in [0.15, 0.2) is 0 Å². The number of pyridine rings is 2. The van der Waals surface area contributed by atoms with Crippen LogP contribution in [0.3, 0.4) is 0 Å². The van der Waals surface area contributed by atoms with Crippen molar-refractivity contribution in [2.45, 2.75) is 19.8 Å². The van der Waals surface area contributed by atoms with Gasteiger partial charge in [-0.3, -0.25) is 19.7 Å². The predicted molar refractivity (Wildman–Crippen MR) is 135 cm³/mol. The van der Waals surface area contributed by atoms with Gasteiger partial charge in [-0.1, -0.05) is 0 Å². The summed E-state index contributed by atoms with van der Waals surface area (Å²) in [5.41, 5.74) is 4.08. The SMILES string of the molecule is Cc1c(CCCN2CCNC(=O)C2)nc2cc(F)cc(F)c2c1Nc1cncc(N2CCOCC2)c1. The molecule has 0 spiro atoms. The number of amides is 1. The Hall–Kier alpha value is -3.37. The number of aryl methyl sites for hydroxylation is 1. The van der Waals surface area contributed by atoms with Crippen LogP contribution in [-0.4, -0.2) is 73.3 Å². The first-order valence-corrected chi connectivity index (χ1v) is 12.3. The van der Waals surface area contributed by atoms with Crippen LogP contribution in [0.4, 0.5) is 25.8 Å². The molecule has 5 rings (SSSR count). The molecule has 0 bridgehead atoms. The standard InChI is InChI=1S/C26H30F2N6O2/c1-17-22(3-2-5-33-6-4-30-24(35)16-33)32-23-12-18(27)11-21(28)25(23)26(17)31-19-13-20(15-29-14-19)34-7-9-36-10-8-34/h11-15H,2-10,16H2,1H3,(H,30,35)(H,31,32). The van der Waals surface area contributed by atoms with E-state index in [0.29, 0.717) is 44.1 Å². The molecule has 1 amide bonds. The number of anilines is 3. The number of rotatable bonds is 7. The van der Waals surface area contributed by atoms with Gasteiger partial charge in [-0.25, -0.2) is 8.78 Å². The molecule has 2 aromatic heterocycles. The van der Waals surface area contributed by atoms with E-state index in [0.717, 1.165) is 55.6 Å². The minimum Gasteiger partial charge on any atom is -0.378 e. The first-order chi connectivity index (χ1) is 17.5. The molecule has 0 saturated carbocycles. The second-order valence-electron chi connectivity index (χ2n) is 9.23. The quantitative estimate of drug-likeness (QED) is 0.520. The van der Waals surface area contributed by atoms with Crippen LogP contribution >= 0.6 is 0 Å². The highest BCUT2D eigenvalue weighted by atomic mass is 19.1. The third kappa shape index (κ3) is 5.39. The van der Waals surface area contributed by atoms with Crippen molar-refractivity contribution >= 4 is 33.9 Å². The molecule has 2 aliphatic rings. The summed E-state index contributed by atoms with van der Waals surface area (Å²) in [4.78, 5) is 25.0. The number of morpholine rings is 1. The molecule has 2 saturated heterocycles. The fourth-order valence-electron chi connectivity index (χ4n) is 4.84. The van der Waals surface area contributed by atoms with Crippen molar-refractivity contribution in [1.82, 2.24) is 20.2 Å². The molecule has 3 aromatic rings. The van der Waals surface area contributed by atoms with E-state index in [1.807, 2.05) is 13.0 Å². The Morgan fingerprint density at radius 1 is 1.14 bits per heavy atom. The number of hydrogen-bond acceptors (Lipinski definition) is 7. The number of carbonyl (C=O) groups is 1. The van der Waals surface area contributed by atoms with Crippen LogP contribution in [-0.2, 0) is 16.0 Å². The predicted octanol–water partition coefficient (Wildman–Crippen LogP) is 3.16. The van der Waals surface area contributed by atoms with Crippen molar-refractivity contribution in [3.63, 3.8) is 0 Å². The van der Waals surface area contributed by atoms with Crippen molar-refractivity contribution in [2.24, 2.45) is 0 Å². The van der Waals surface area contributed by atoms with E-state index in [1.54, 1.807) is 12.4 Å². The number of ether oxygens (including phenoxy) is 1. The molecule has 36 heavy (non-hydrogen) atoms. The van der Waals surface area contributed by atoms with Gasteiger partial charge < -0.3 is 20.3 Å². The van der Waals surface area contributed by atoms with Gasteiger partial charge in [-0.2, -0.15) is 0 Å². The smallest absolute Gasteiger partial charge is 0.234 e. The van der Waals surface area contributed by atoms with Crippen LogP contribution in [0.25, 0.3) is 10.9 Å². The highest BCUT2D eigenvalue weighted by Crippen LogP contribution is 2.34. The maximum Gasteiger partial charge on any atom is 0.234 e. The Bertz CT molecular complexity index is 1260. The summed E-state index contributed by atoms with van der Waals surface area (Å²) in [5.74, 6) is -1.29. The van der Waals surface area contributed by atoms with E-state index < -0.39 is 11.6 Å². The summed E-state index contributed by atoms with van der Waals surface area (Å²) in [6.45, 7) is 7.38. The lowest BCUT2D eigenvalue weighted by Crippen LogP contribution is -2.47. The summed E-state index contributed by atoms with van der Waals surface area (Å²) in [5, 5.41) is 6.44. The number of nitrogens with one attached hydrogen (secondary N) is 2. The highest BCUT2D eigenvalue weighted by Gasteiger charge is 2.19. The van der Waals surface area contributed by atoms with E-state index in [2.05, 4.69) is 30.4 Å². The maximum atomic E-state index is 15.0. The monoisotopic (exact) mass is 496 g/mol. The first kappa shape index (κ1) is 24.3. The fourth-order valence-corrected chi connectivity index (χ4v) is 4.84. The van der Waals surface area contributed by atoms with Gasteiger partial charge in [-0.15, -0.1) is 0 Å². The molecule has 2 N–H and O–H groups in total. The lowest BCUT2D eigenvalue weighted by Gasteiger charge is -2.29. The molecule has 0 aliphatic carbocycles. The first-order valence-electron chi connectivity index (χ1n) is 12.3. The molecule has 1 aromatic carbocycles. The zero-order chi connectivity index (χ0) is 25.1. The zero-order valence-corrected chi connectivity index (χ0v) is 20.3. The van der Waals surface area contributed by atoms with Gasteiger partial charge in [0.2, 0.25) is 5.91 Å². The Labute approximate surface area is 208 Å². The minimum atomic E-state index is -0.663. The number of carbonyl (C=O) groups excluding carboxylic acids is 1. The summed E-state index contributed by atoms with van der Waals surface area (Å²) in [6.07, 6.45) is 4.89. The van der Waals surface area contributed by atoms with Crippen molar-refractivity contribution in [2.75, 3.05) is 62.7 Å². The molecular weight excluding hydrogens is 466 g/mol. The summed E-state index contributed by atoms with van der Waals surface area (Å²) in [6, 6.07) is 4.13. The Morgan fingerprint density at radius 3 is 2.78 bits per heavy atom. The molecular formula is C26H30F2N6O2. The Kier molecular flexibility index (Phi) is 7.24. The largest absolute Gasteiger partial charge is 0.378 e. The third-order valence-corrected chi connectivity index (χ3v) is 6.72. The van der Waals surface area contributed by atoms with Crippen LogP contribution < -0.4 is 15.5 Å². The van der Waals surface area contributed by atoms with Gasteiger partial charge in [0.05, 0.1) is 60.1 Å². The average molecular weight is 497 g/mol. The van der Waals surface area contributed by atoms with Gasteiger partial charge in [0.1, 0.15) is 11.6 Å². The van der Waals surface area contributed by atoms with E-state index in [1.165, 1.54) is 6.07 Å². The summed E-state index contributed by atoms with van der Waals surface area (Å²) < 4.78 is 34.6. The fraction of sp³-hybridized carbons (Fsp3) is 0.423. The molecule has 0 unspecified atom stereocenters. The molecule has 2 aliphatic heterocycles. The minimum absolute atomic E-state index is 0.0339. The van der Waals surface area contributed by atoms with Crippen molar-refractivity contribution in [1.29, 1.82) is 0 Å². The molecule has 4 heterocycles. The highest BCUT2D eigenvalue weighted by molar-refractivity contribution is 5.95. The van der Waals surface area contributed by atoms with Crippen LogP contribution in [0.2, 0.25) is 0 Å². The number of aromatic nitrogens is 2. The van der Waals surface area contributed by atoms with Gasteiger partial charge in [0.25, 0.3) is 0 Å². The van der Waals surface area contributed by atoms with E-state index in [-0.39, 0.29) is 16.8 Å². The second kappa shape index (κ2) is 10.7. The Balaban J connectivity index is 1.43. The van der Waals surface area contributed by atoms with E-state index in [9.17, 15) is 9.18 Å². The molecule has 190 valence electrons. The van der Waals surface area contributed by atoms with E-state index in [4.69, 9.17) is 4.74 Å². The molecule has 2 fully saturated rings. The lowest BCUT2D eigenvalue weighted by molar-refractivity contribution is -0.124. The number of benzene rings is 1. The number of nitrogens with zero attached hydrogens (tertiary/aromatic N) is 4. The average Bonchev–Trinajstić information content (AvgIpc) is 2.87. The molecule has 0 radical (unpaired) electrons. The topological polar surface area (TPSA) is 82.6 Å². The summed E-state index contributed by atoms with van der Waals surface area (Å²) in [7, 11) is 0. The number of fused-ring (bicyclic) bond motifs is 1. The van der Waals surface area contributed by atoms with Gasteiger partial charge in [0, 0.05) is 44.0 Å².